The van der Waals surface area contributed by atoms with Gasteiger partial charge in [0.2, 0.25) is 0 Å². The summed E-state index contributed by atoms with van der Waals surface area (Å²) in [5.74, 6) is 0.914. The lowest BCUT2D eigenvalue weighted by molar-refractivity contribution is 0.0705. The molecule has 26 heavy (non-hydrogen) atoms. The number of rotatable bonds is 2. The number of allylic oxidation sites excluding steroid dienone is 2. The average Bonchev–Trinajstić information content (AvgIpc) is 3.15. The van der Waals surface area contributed by atoms with E-state index in [0.29, 0.717) is 22.6 Å². The lowest BCUT2D eigenvalue weighted by Crippen LogP contribution is -1.92. The zero-order valence-corrected chi connectivity index (χ0v) is 14.8. The molecule has 4 nitrogen and oxygen atoms in total. The van der Waals surface area contributed by atoms with Crippen LogP contribution in [0.5, 0.6) is 0 Å². The SMILES string of the molecule is CC/C=C1\OC(=O)c2ccccc21.CC/C=C1\OC(=O)c2ccccc21. The van der Waals surface area contributed by atoms with Crippen molar-refractivity contribution in [1.82, 2.24) is 0 Å². The Morgan fingerprint density at radius 3 is 1.35 bits per heavy atom. The van der Waals surface area contributed by atoms with Gasteiger partial charge in [0, 0.05) is 11.1 Å². The van der Waals surface area contributed by atoms with Crippen LogP contribution in [0.1, 0.15) is 58.5 Å². The molecule has 2 aromatic carbocycles. The van der Waals surface area contributed by atoms with E-state index in [4.69, 9.17) is 9.47 Å². The van der Waals surface area contributed by atoms with Gasteiger partial charge < -0.3 is 9.47 Å². The summed E-state index contributed by atoms with van der Waals surface area (Å²) in [4.78, 5) is 22.6. The molecule has 0 spiro atoms. The standard InChI is InChI=1S/2C11H10O2/c2*1-2-5-10-8-6-3-4-7-9(8)11(12)13-10/h2*3-7H,2H2,1H3/b2*10-5-. The minimum absolute atomic E-state index is 0.240. The average molecular weight is 348 g/mol. The van der Waals surface area contributed by atoms with Gasteiger partial charge in [0.1, 0.15) is 11.5 Å². The third-order valence-corrected chi connectivity index (χ3v) is 4.01. The summed E-state index contributed by atoms with van der Waals surface area (Å²) in [5.41, 5.74) is 3.16. The maximum absolute atomic E-state index is 11.3. The Balaban J connectivity index is 0.000000151. The summed E-state index contributed by atoms with van der Waals surface area (Å²) in [6.07, 6.45) is 5.58. The number of esters is 2. The van der Waals surface area contributed by atoms with Crippen molar-refractivity contribution in [3.8, 4) is 0 Å². The van der Waals surface area contributed by atoms with E-state index in [1.54, 1.807) is 12.1 Å². The lowest BCUT2D eigenvalue weighted by atomic mass is 10.1. The first kappa shape index (κ1) is 17.7. The molecule has 0 amide bonds. The van der Waals surface area contributed by atoms with Crippen LogP contribution in [0.3, 0.4) is 0 Å². The topological polar surface area (TPSA) is 52.6 Å². The molecule has 0 saturated carbocycles. The van der Waals surface area contributed by atoms with Gasteiger partial charge in [-0.25, -0.2) is 9.59 Å². The number of cyclic esters (lactones) is 2. The molecule has 4 rings (SSSR count). The number of ether oxygens (including phenoxy) is 2. The predicted octanol–water partition coefficient (Wildman–Crippen LogP) is 5.22. The molecule has 0 aliphatic carbocycles. The number of hydrogen-bond donors (Lipinski definition) is 0. The van der Waals surface area contributed by atoms with Gasteiger partial charge in [0.15, 0.2) is 0 Å². The second-order valence-electron chi connectivity index (χ2n) is 5.82. The van der Waals surface area contributed by atoms with Crippen LogP contribution in [-0.4, -0.2) is 11.9 Å². The molecule has 0 aromatic heterocycles. The Morgan fingerprint density at radius 1 is 0.654 bits per heavy atom. The molecule has 0 fully saturated rings. The van der Waals surface area contributed by atoms with Crippen LogP contribution >= 0.6 is 0 Å². The zero-order chi connectivity index (χ0) is 18.5. The number of carbonyl (C=O) groups is 2. The number of benzene rings is 2. The van der Waals surface area contributed by atoms with E-state index in [2.05, 4.69) is 0 Å². The van der Waals surface area contributed by atoms with E-state index in [-0.39, 0.29) is 11.9 Å². The number of hydrogen-bond acceptors (Lipinski definition) is 4. The molecule has 0 atom stereocenters. The Labute approximate surface area is 152 Å². The highest BCUT2D eigenvalue weighted by atomic mass is 16.5. The molecule has 0 unspecified atom stereocenters. The molecule has 0 bridgehead atoms. The first-order valence-corrected chi connectivity index (χ1v) is 8.69. The fraction of sp³-hybridized carbons (Fsp3) is 0.182. The first-order valence-electron chi connectivity index (χ1n) is 8.69. The van der Waals surface area contributed by atoms with E-state index in [9.17, 15) is 9.59 Å². The van der Waals surface area contributed by atoms with Gasteiger partial charge in [-0.15, -0.1) is 0 Å². The third kappa shape index (κ3) is 3.45. The number of carbonyl (C=O) groups excluding carboxylic acids is 2. The van der Waals surface area contributed by atoms with Crippen LogP contribution in [-0.2, 0) is 9.47 Å². The summed E-state index contributed by atoms with van der Waals surface area (Å²) in [5, 5.41) is 0. The van der Waals surface area contributed by atoms with Gasteiger partial charge in [0.05, 0.1) is 11.1 Å². The highest BCUT2D eigenvalue weighted by Gasteiger charge is 2.25. The quantitative estimate of drug-likeness (QED) is 0.699. The monoisotopic (exact) mass is 348 g/mol. The third-order valence-electron chi connectivity index (χ3n) is 4.01. The molecule has 4 heteroatoms. The van der Waals surface area contributed by atoms with Gasteiger partial charge in [-0.2, -0.15) is 0 Å². The van der Waals surface area contributed by atoms with Crippen LogP contribution in [0.15, 0.2) is 60.7 Å². The highest BCUT2D eigenvalue weighted by Crippen LogP contribution is 2.30. The van der Waals surface area contributed by atoms with Gasteiger partial charge in [0.25, 0.3) is 0 Å². The van der Waals surface area contributed by atoms with E-state index in [1.807, 2.05) is 62.4 Å². The van der Waals surface area contributed by atoms with Crippen molar-refractivity contribution in [2.45, 2.75) is 26.7 Å². The zero-order valence-electron chi connectivity index (χ0n) is 14.8. The lowest BCUT2D eigenvalue weighted by Gasteiger charge is -1.95. The molecular formula is C22H20O4. The normalized spacial score (nSPS) is 17.3. The predicted molar refractivity (Wildman–Crippen MR) is 100 cm³/mol. The molecular weight excluding hydrogens is 328 g/mol. The Morgan fingerprint density at radius 2 is 1.00 bits per heavy atom. The number of fused-ring (bicyclic) bond motifs is 2. The van der Waals surface area contributed by atoms with E-state index < -0.39 is 0 Å². The highest BCUT2D eigenvalue weighted by molar-refractivity contribution is 6.03. The van der Waals surface area contributed by atoms with E-state index >= 15 is 0 Å². The summed E-state index contributed by atoms with van der Waals surface area (Å²) in [6, 6.07) is 14.9. The fourth-order valence-corrected chi connectivity index (χ4v) is 2.85. The molecule has 0 radical (unpaired) electrons. The Kier molecular flexibility index (Phi) is 5.32. The summed E-state index contributed by atoms with van der Waals surface area (Å²) < 4.78 is 10.2. The van der Waals surface area contributed by atoms with Gasteiger partial charge in [-0.1, -0.05) is 50.2 Å². The van der Waals surface area contributed by atoms with Crippen LogP contribution in [0.2, 0.25) is 0 Å². The second-order valence-corrected chi connectivity index (χ2v) is 5.82. The van der Waals surface area contributed by atoms with Gasteiger partial charge >= 0.3 is 11.9 Å². The van der Waals surface area contributed by atoms with E-state index in [1.165, 1.54) is 0 Å². The van der Waals surface area contributed by atoms with Gasteiger partial charge in [-0.05, 0) is 37.1 Å². The largest absolute Gasteiger partial charge is 0.423 e. The van der Waals surface area contributed by atoms with E-state index in [0.717, 1.165) is 24.0 Å². The summed E-state index contributed by atoms with van der Waals surface area (Å²) in [7, 11) is 0. The Hall–Kier alpha value is -3.14. The van der Waals surface area contributed by atoms with Crippen molar-refractivity contribution in [3.05, 3.63) is 82.9 Å². The van der Waals surface area contributed by atoms with Crippen LogP contribution in [0.25, 0.3) is 11.5 Å². The second kappa shape index (κ2) is 7.83. The minimum atomic E-state index is -0.240. The molecule has 2 aliphatic rings. The summed E-state index contributed by atoms with van der Waals surface area (Å²) >= 11 is 0. The molecule has 0 saturated heterocycles. The maximum Gasteiger partial charge on any atom is 0.344 e. The van der Waals surface area contributed by atoms with Crippen molar-refractivity contribution >= 4 is 23.5 Å². The fourth-order valence-electron chi connectivity index (χ4n) is 2.85. The molecule has 0 N–H and O–H groups in total. The van der Waals surface area contributed by atoms with Crippen LogP contribution < -0.4 is 0 Å². The van der Waals surface area contributed by atoms with Gasteiger partial charge in [-0.3, -0.25) is 0 Å². The molecule has 132 valence electrons. The molecule has 2 heterocycles. The van der Waals surface area contributed by atoms with Crippen LogP contribution in [0, 0.1) is 0 Å². The van der Waals surface area contributed by atoms with Crippen molar-refractivity contribution in [3.63, 3.8) is 0 Å². The molecule has 2 aromatic rings. The van der Waals surface area contributed by atoms with Crippen molar-refractivity contribution in [1.29, 1.82) is 0 Å². The van der Waals surface area contributed by atoms with Crippen molar-refractivity contribution in [2.24, 2.45) is 0 Å². The maximum atomic E-state index is 11.3. The van der Waals surface area contributed by atoms with Crippen LogP contribution in [0.4, 0.5) is 0 Å². The first-order chi connectivity index (χ1) is 12.7. The molecule has 2 aliphatic heterocycles. The Bertz CT molecular complexity index is 830. The summed E-state index contributed by atoms with van der Waals surface area (Å²) in [6.45, 7) is 4.03. The van der Waals surface area contributed by atoms with Crippen molar-refractivity contribution < 1.29 is 19.1 Å². The minimum Gasteiger partial charge on any atom is -0.423 e. The smallest absolute Gasteiger partial charge is 0.344 e. The van der Waals surface area contributed by atoms with Crippen molar-refractivity contribution in [2.75, 3.05) is 0 Å².